The first-order chi connectivity index (χ1) is 12.3. The molecule has 0 aromatic heterocycles. The van der Waals surface area contributed by atoms with Crippen molar-refractivity contribution < 1.29 is 4.79 Å². The monoisotopic (exact) mass is 335 g/mol. The van der Waals surface area contributed by atoms with Crippen molar-refractivity contribution in [1.29, 1.82) is 0 Å². The lowest BCUT2D eigenvalue weighted by Crippen LogP contribution is -2.61. The van der Waals surface area contributed by atoms with Crippen LogP contribution in [0.4, 0.5) is 16.2 Å². The van der Waals surface area contributed by atoms with E-state index >= 15 is 0 Å². The van der Waals surface area contributed by atoms with E-state index in [0.717, 1.165) is 24.2 Å². The lowest BCUT2D eigenvalue weighted by molar-refractivity contribution is 0.152. The van der Waals surface area contributed by atoms with Crippen LogP contribution in [0.15, 0.2) is 60.7 Å². The van der Waals surface area contributed by atoms with Crippen LogP contribution in [0.25, 0.3) is 0 Å². The molecule has 0 N–H and O–H groups in total. The van der Waals surface area contributed by atoms with Crippen LogP contribution in [0.3, 0.4) is 0 Å². The first-order valence-electron chi connectivity index (χ1n) is 9.26. The van der Waals surface area contributed by atoms with Crippen molar-refractivity contribution in [1.82, 2.24) is 4.90 Å². The fourth-order valence-corrected chi connectivity index (χ4v) is 3.94. The zero-order valence-electron chi connectivity index (χ0n) is 14.6. The molecule has 1 aliphatic carbocycles. The molecule has 0 unspecified atom stereocenters. The van der Waals surface area contributed by atoms with E-state index in [-0.39, 0.29) is 6.03 Å². The van der Waals surface area contributed by atoms with Crippen molar-refractivity contribution in [2.75, 3.05) is 23.1 Å². The lowest BCUT2D eigenvalue weighted by atomic mass is 9.94. The van der Waals surface area contributed by atoms with Crippen LogP contribution >= 0.6 is 0 Å². The molecule has 2 amide bonds. The topological polar surface area (TPSA) is 26.8 Å². The maximum Gasteiger partial charge on any atom is 0.327 e. The maximum atomic E-state index is 13.2. The molecule has 0 spiro atoms. The first kappa shape index (κ1) is 16.0. The summed E-state index contributed by atoms with van der Waals surface area (Å²) in [6, 6.07) is 20.9. The van der Waals surface area contributed by atoms with Gasteiger partial charge in [0.1, 0.15) is 6.67 Å². The SMILES string of the molecule is O=C1N(c2ccccc2)CN(c2ccccc2)CN1C1CCCCC1. The van der Waals surface area contributed by atoms with Gasteiger partial charge in [-0.25, -0.2) is 4.79 Å². The Bertz CT molecular complexity index is 698. The van der Waals surface area contributed by atoms with Crippen LogP contribution in [0, 0.1) is 0 Å². The third-order valence-electron chi connectivity index (χ3n) is 5.32. The number of urea groups is 1. The number of amides is 2. The Balaban J connectivity index is 1.65. The Morgan fingerprint density at radius 1 is 0.720 bits per heavy atom. The highest BCUT2D eigenvalue weighted by Crippen LogP contribution is 2.29. The zero-order chi connectivity index (χ0) is 17.1. The smallest absolute Gasteiger partial charge is 0.327 e. The number of nitrogens with zero attached hydrogens (tertiary/aromatic N) is 3. The van der Waals surface area contributed by atoms with Gasteiger partial charge in [0.15, 0.2) is 0 Å². The Labute approximate surface area is 149 Å². The van der Waals surface area contributed by atoms with Crippen molar-refractivity contribution in [2.24, 2.45) is 0 Å². The molecule has 2 aliphatic rings. The molecular weight excluding hydrogens is 310 g/mol. The Morgan fingerprint density at radius 2 is 1.32 bits per heavy atom. The quantitative estimate of drug-likeness (QED) is 0.814. The number of anilines is 2. The molecule has 1 aliphatic heterocycles. The average molecular weight is 335 g/mol. The van der Waals surface area contributed by atoms with Crippen LogP contribution < -0.4 is 9.80 Å². The van der Waals surface area contributed by atoms with Crippen LogP contribution in [0.5, 0.6) is 0 Å². The molecular formula is C21H25N3O. The number of rotatable bonds is 3. The number of carbonyl (C=O) groups is 1. The average Bonchev–Trinajstić information content (AvgIpc) is 2.70. The summed E-state index contributed by atoms with van der Waals surface area (Å²) < 4.78 is 0. The minimum absolute atomic E-state index is 0.144. The highest BCUT2D eigenvalue weighted by Gasteiger charge is 2.35. The molecule has 0 radical (unpaired) electrons. The second-order valence-electron chi connectivity index (χ2n) is 6.97. The van der Waals surface area contributed by atoms with E-state index in [9.17, 15) is 4.79 Å². The Kier molecular flexibility index (Phi) is 4.59. The molecule has 1 heterocycles. The first-order valence-corrected chi connectivity index (χ1v) is 9.26. The van der Waals surface area contributed by atoms with Crippen molar-refractivity contribution in [3.63, 3.8) is 0 Å². The maximum absolute atomic E-state index is 13.2. The molecule has 1 saturated carbocycles. The standard InChI is InChI=1S/C21H25N3O/c25-21-23(19-12-6-2-7-13-19)16-22(18-10-4-1-5-11-18)17-24(21)20-14-8-3-9-15-20/h1-2,4-7,10-13,20H,3,8-9,14-17H2. The predicted octanol–water partition coefficient (Wildman–Crippen LogP) is 4.68. The number of para-hydroxylation sites is 2. The predicted molar refractivity (Wildman–Crippen MR) is 102 cm³/mol. The minimum Gasteiger partial charge on any atom is -0.335 e. The largest absolute Gasteiger partial charge is 0.335 e. The van der Waals surface area contributed by atoms with Crippen LogP contribution in [0.2, 0.25) is 0 Å². The molecule has 4 rings (SSSR count). The van der Waals surface area contributed by atoms with E-state index in [2.05, 4.69) is 34.1 Å². The third-order valence-corrected chi connectivity index (χ3v) is 5.32. The normalized spacial score (nSPS) is 19.4. The molecule has 2 aromatic rings. The summed E-state index contributed by atoms with van der Waals surface area (Å²) in [7, 11) is 0. The fourth-order valence-electron chi connectivity index (χ4n) is 3.94. The molecule has 0 atom stereocenters. The number of carbonyl (C=O) groups excluding carboxylic acids is 1. The van der Waals surface area contributed by atoms with Gasteiger partial charge in [0, 0.05) is 17.4 Å². The molecule has 2 fully saturated rings. The molecule has 1 saturated heterocycles. The van der Waals surface area contributed by atoms with E-state index in [4.69, 9.17) is 0 Å². The summed E-state index contributed by atoms with van der Waals surface area (Å²) in [4.78, 5) is 19.5. The van der Waals surface area contributed by atoms with Crippen LogP contribution in [0.1, 0.15) is 32.1 Å². The lowest BCUT2D eigenvalue weighted by Gasteiger charge is -2.47. The summed E-state index contributed by atoms with van der Waals surface area (Å²) >= 11 is 0. The molecule has 130 valence electrons. The van der Waals surface area contributed by atoms with Gasteiger partial charge in [0.25, 0.3) is 0 Å². The van der Waals surface area contributed by atoms with Crippen molar-refractivity contribution in [2.45, 2.75) is 38.1 Å². The number of hydrogen-bond acceptors (Lipinski definition) is 2. The van der Waals surface area contributed by atoms with E-state index in [1.165, 1.54) is 19.3 Å². The summed E-state index contributed by atoms with van der Waals surface area (Å²) in [5.41, 5.74) is 2.13. The molecule has 4 heteroatoms. The summed E-state index contributed by atoms with van der Waals surface area (Å²) in [5, 5.41) is 0. The molecule has 2 aromatic carbocycles. The minimum atomic E-state index is 0.144. The van der Waals surface area contributed by atoms with Crippen LogP contribution in [-0.4, -0.2) is 30.3 Å². The van der Waals surface area contributed by atoms with E-state index < -0.39 is 0 Å². The van der Waals surface area contributed by atoms with Gasteiger partial charge in [0.2, 0.25) is 0 Å². The van der Waals surface area contributed by atoms with Gasteiger partial charge in [0.05, 0.1) is 6.67 Å². The van der Waals surface area contributed by atoms with E-state index in [1.54, 1.807) is 0 Å². The number of hydrogen-bond donors (Lipinski definition) is 0. The molecule has 25 heavy (non-hydrogen) atoms. The highest BCUT2D eigenvalue weighted by molar-refractivity contribution is 5.94. The number of benzene rings is 2. The van der Waals surface area contributed by atoms with Gasteiger partial charge in [-0.05, 0) is 37.1 Å². The molecule has 0 bridgehead atoms. The van der Waals surface area contributed by atoms with Gasteiger partial charge in [-0.2, -0.15) is 0 Å². The van der Waals surface area contributed by atoms with Gasteiger partial charge in [-0.15, -0.1) is 0 Å². The Hall–Kier alpha value is -2.49. The van der Waals surface area contributed by atoms with Crippen molar-refractivity contribution >= 4 is 17.4 Å². The van der Waals surface area contributed by atoms with Gasteiger partial charge in [-0.1, -0.05) is 55.7 Å². The molecule has 4 nitrogen and oxygen atoms in total. The summed E-state index contributed by atoms with van der Waals surface area (Å²) in [6.45, 7) is 1.27. The fraction of sp³-hybridized carbons (Fsp3) is 0.381. The van der Waals surface area contributed by atoms with Gasteiger partial charge < -0.3 is 9.80 Å². The van der Waals surface area contributed by atoms with Crippen LogP contribution in [-0.2, 0) is 0 Å². The second kappa shape index (κ2) is 7.18. The third kappa shape index (κ3) is 3.34. The Morgan fingerprint density at radius 3 is 1.96 bits per heavy atom. The van der Waals surface area contributed by atoms with Crippen molar-refractivity contribution in [3.05, 3.63) is 60.7 Å². The highest BCUT2D eigenvalue weighted by atomic mass is 16.2. The summed E-state index contributed by atoms with van der Waals surface area (Å²) in [5.74, 6) is 0. The summed E-state index contributed by atoms with van der Waals surface area (Å²) in [6.07, 6.45) is 5.99. The zero-order valence-corrected chi connectivity index (χ0v) is 14.6. The van der Waals surface area contributed by atoms with E-state index in [1.807, 2.05) is 41.3 Å². The van der Waals surface area contributed by atoms with Crippen molar-refractivity contribution in [3.8, 4) is 0 Å². The van der Waals surface area contributed by atoms with Gasteiger partial charge in [-0.3, -0.25) is 4.90 Å². The second-order valence-corrected chi connectivity index (χ2v) is 6.97. The van der Waals surface area contributed by atoms with Gasteiger partial charge >= 0.3 is 6.03 Å². The van der Waals surface area contributed by atoms with E-state index in [0.29, 0.717) is 19.4 Å².